The van der Waals surface area contributed by atoms with Crippen LogP contribution in [0.3, 0.4) is 0 Å². The number of amides is 1. The molecule has 1 amide bonds. The van der Waals surface area contributed by atoms with E-state index in [4.69, 9.17) is 15.9 Å². The van der Waals surface area contributed by atoms with Crippen LogP contribution in [0.25, 0.3) is 0 Å². The Bertz CT molecular complexity index is 127. The molecule has 0 aliphatic heterocycles. The second kappa shape index (κ2) is 5.06. The third kappa shape index (κ3) is 3.92. The van der Waals surface area contributed by atoms with E-state index in [1.165, 1.54) is 6.92 Å². The molecule has 5 N–H and O–H groups in total. The van der Waals surface area contributed by atoms with Crippen LogP contribution in [0.2, 0.25) is 0 Å². The maximum Gasteiger partial charge on any atom is 0.239 e. The fraction of sp³-hybridized carbons (Fsp3) is 0.833. The summed E-state index contributed by atoms with van der Waals surface area (Å²) in [6.07, 6.45) is -0.867. The predicted molar refractivity (Wildman–Crippen MR) is 39.8 cm³/mol. The van der Waals surface area contributed by atoms with Crippen LogP contribution in [0.1, 0.15) is 6.92 Å². The van der Waals surface area contributed by atoms with Gasteiger partial charge in [0.05, 0.1) is 12.7 Å². The Labute approximate surface area is 65.2 Å². The van der Waals surface area contributed by atoms with Crippen LogP contribution in [0.15, 0.2) is 0 Å². The molecule has 0 aromatic rings. The summed E-state index contributed by atoms with van der Waals surface area (Å²) in [4.78, 5) is 10.8. The van der Waals surface area contributed by atoms with Crippen molar-refractivity contribution in [2.45, 2.75) is 19.1 Å². The van der Waals surface area contributed by atoms with Crippen LogP contribution >= 0.6 is 0 Å². The molecule has 66 valence electrons. The van der Waals surface area contributed by atoms with Gasteiger partial charge in [0.1, 0.15) is 6.04 Å². The molecule has 5 heteroatoms. The van der Waals surface area contributed by atoms with Crippen LogP contribution in [0.5, 0.6) is 0 Å². The molecule has 0 aliphatic rings. The SMILES string of the molecule is CC(O)C(N)C(=O)NCCO. The fourth-order valence-corrected chi connectivity index (χ4v) is 0.516. The number of carbonyl (C=O) groups excluding carboxylic acids is 1. The zero-order valence-electron chi connectivity index (χ0n) is 6.45. The highest BCUT2D eigenvalue weighted by Crippen LogP contribution is 1.87. The molecule has 5 nitrogen and oxygen atoms in total. The van der Waals surface area contributed by atoms with E-state index >= 15 is 0 Å². The van der Waals surface area contributed by atoms with E-state index in [1.54, 1.807) is 0 Å². The van der Waals surface area contributed by atoms with Crippen molar-refractivity contribution in [2.75, 3.05) is 13.2 Å². The summed E-state index contributed by atoms with van der Waals surface area (Å²) in [6, 6.07) is -0.915. The molecule has 0 fully saturated rings. The smallest absolute Gasteiger partial charge is 0.239 e. The van der Waals surface area contributed by atoms with Gasteiger partial charge in [-0.3, -0.25) is 4.79 Å². The van der Waals surface area contributed by atoms with Gasteiger partial charge < -0.3 is 21.3 Å². The molecule has 0 saturated heterocycles. The molecule has 0 heterocycles. The summed E-state index contributed by atoms with van der Waals surface area (Å²) >= 11 is 0. The standard InChI is InChI=1S/C6H14N2O3/c1-4(10)5(7)6(11)8-2-3-9/h4-5,9-10H,2-3,7H2,1H3,(H,8,11). The lowest BCUT2D eigenvalue weighted by atomic mass is 10.2. The molecular formula is C6H14N2O3. The maximum absolute atomic E-state index is 10.8. The van der Waals surface area contributed by atoms with Crippen LogP contribution in [-0.2, 0) is 4.79 Å². The lowest BCUT2D eigenvalue weighted by molar-refractivity contribution is -0.124. The van der Waals surface area contributed by atoms with Gasteiger partial charge in [-0.15, -0.1) is 0 Å². The average molecular weight is 162 g/mol. The summed E-state index contributed by atoms with van der Waals surface area (Å²) < 4.78 is 0. The molecular weight excluding hydrogens is 148 g/mol. The van der Waals surface area contributed by atoms with E-state index in [9.17, 15) is 4.79 Å². The second-order valence-electron chi connectivity index (χ2n) is 2.28. The van der Waals surface area contributed by atoms with Crippen LogP contribution < -0.4 is 11.1 Å². The molecule has 0 radical (unpaired) electrons. The summed E-state index contributed by atoms with van der Waals surface area (Å²) in [5.74, 6) is -0.450. The van der Waals surface area contributed by atoms with E-state index in [1.807, 2.05) is 0 Å². The van der Waals surface area contributed by atoms with Crippen molar-refractivity contribution >= 4 is 5.91 Å². The molecule has 0 aromatic heterocycles. The quantitative estimate of drug-likeness (QED) is 0.377. The van der Waals surface area contributed by atoms with E-state index in [-0.39, 0.29) is 13.2 Å². The molecule has 2 unspecified atom stereocenters. The summed E-state index contributed by atoms with van der Waals surface area (Å²) in [7, 11) is 0. The highest BCUT2D eigenvalue weighted by molar-refractivity contribution is 5.81. The Morgan fingerprint density at radius 1 is 1.73 bits per heavy atom. The van der Waals surface area contributed by atoms with Crippen molar-refractivity contribution in [1.29, 1.82) is 0 Å². The number of rotatable bonds is 4. The molecule has 0 bridgehead atoms. The number of hydrogen-bond donors (Lipinski definition) is 4. The van der Waals surface area contributed by atoms with Crippen molar-refractivity contribution in [1.82, 2.24) is 5.32 Å². The Balaban J connectivity index is 3.64. The minimum atomic E-state index is -0.915. The lowest BCUT2D eigenvalue weighted by Crippen LogP contribution is -2.47. The van der Waals surface area contributed by atoms with E-state index in [0.717, 1.165) is 0 Å². The number of aliphatic hydroxyl groups excluding tert-OH is 2. The molecule has 11 heavy (non-hydrogen) atoms. The van der Waals surface area contributed by atoms with Crippen molar-refractivity contribution < 1.29 is 15.0 Å². The normalized spacial score (nSPS) is 15.6. The zero-order chi connectivity index (χ0) is 8.85. The van der Waals surface area contributed by atoms with Crippen molar-refractivity contribution in [3.8, 4) is 0 Å². The minimum Gasteiger partial charge on any atom is -0.395 e. The van der Waals surface area contributed by atoms with Gasteiger partial charge in [-0.1, -0.05) is 0 Å². The van der Waals surface area contributed by atoms with E-state index in [2.05, 4.69) is 5.32 Å². The molecule has 0 rings (SSSR count). The predicted octanol–water partition coefficient (Wildman–Crippen LogP) is -2.20. The van der Waals surface area contributed by atoms with Gasteiger partial charge in [0.2, 0.25) is 5.91 Å². The topological polar surface area (TPSA) is 95.6 Å². The zero-order valence-corrected chi connectivity index (χ0v) is 6.45. The van der Waals surface area contributed by atoms with Gasteiger partial charge in [0.15, 0.2) is 0 Å². The summed E-state index contributed by atoms with van der Waals surface area (Å²) in [6.45, 7) is 1.47. The van der Waals surface area contributed by atoms with Gasteiger partial charge in [-0.25, -0.2) is 0 Å². The first kappa shape index (κ1) is 10.3. The minimum absolute atomic E-state index is 0.127. The molecule has 2 atom stereocenters. The average Bonchev–Trinajstić information content (AvgIpc) is 1.98. The van der Waals surface area contributed by atoms with Gasteiger partial charge in [-0.05, 0) is 6.92 Å². The molecule has 0 aliphatic carbocycles. The number of nitrogens with two attached hydrogens (primary N) is 1. The third-order valence-corrected chi connectivity index (χ3v) is 1.23. The Kier molecular flexibility index (Phi) is 4.76. The van der Waals surface area contributed by atoms with E-state index in [0.29, 0.717) is 0 Å². The van der Waals surface area contributed by atoms with E-state index < -0.39 is 18.1 Å². The summed E-state index contributed by atoms with van der Waals surface area (Å²) in [5.41, 5.74) is 5.26. The number of carbonyl (C=O) groups is 1. The second-order valence-corrected chi connectivity index (χ2v) is 2.28. The van der Waals surface area contributed by atoms with Gasteiger partial charge in [0, 0.05) is 6.54 Å². The van der Waals surface area contributed by atoms with Crippen LogP contribution in [-0.4, -0.2) is 41.4 Å². The Hall–Kier alpha value is -0.650. The first-order valence-electron chi connectivity index (χ1n) is 3.41. The monoisotopic (exact) mass is 162 g/mol. The van der Waals surface area contributed by atoms with Gasteiger partial charge in [-0.2, -0.15) is 0 Å². The van der Waals surface area contributed by atoms with Crippen molar-refractivity contribution in [3.05, 3.63) is 0 Å². The Morgan fingerprint density at radius 3 is 2.64 bits per heavy atom. The largest absolute Gasteiger partial charge is 0.395 e. The fourth-order valence-electron chi connectivity index (χ4n) is 0.516. The molecule has 0 aromatic carbocycles. The molecule has 0 saturated carbocycles. The summed E-state index contributed by atoms with van der Waals surface area (Å²) in [5, 5.41) is 19.5. The van der Waals surface area contributed by atoms with Crippen LogP contribution in [0, 0.1) is 0 Å². The van der Waals surface area contributed by atoms with Gasteiger partial charge >= 0.3 is 0 Å². The number of nitrogens with one attached hydrogen (secondary N) is 1. The number of hydrogen-bond acceptors (Lipinski definition) is 4. The van der Waals surface area contributed by atoms with Crippen molar-refractivity contribution in [3.63, 3.8) is 0 Å². The highest BCUT2D eigenvalue weighted by atomic mass is 16.3. The third-order valence-electron chi connectivity index (χ3n) is 1.23. The number of aliphatic hydroxyl groups is 2. The van der Waals surface area contributed by atoms with Crippen molar-refractivity contribution in [2.24, 2.45) is 5.73 Å². The first-order chi connectivity index (χ1) is 5.09. The Morgan fingerprint density at radius 2 is 2.27 bits per heavy atom. The lowest BCUT2D eigenvalue weighted by Gasteiger charge is -2.13. The highest BCUT2D eigenvalue weighted by Gasteiger charge is 2.17. The van der Waals surface area contributed by atoms with Gasteiger partial charge in [0.25, 0.3) is 0 Å². The first-order valence-corrected chi connectivity index (χ1v) is 3.41. The van der Waals surface area contributed by atoms with Crippen LogP contribution in [0.4, 0.5) is 0 Å². The molecule has 0 spiro atoms. The maximum atomic E-state index is 10.8.